The Bertz CT molecular complexity index is 911. The third-order valence-electron chi connectivity index (χ3n) is 5.92. The van der Waals surface area contributed by atoms with E-state index >= 15 is 0 Å². The highest BCUT2D eigenvalue weighted by Crippen LogP contribution is 2.29. The zero-order valence-electron chi connectivity index (χ0n) is 17.0. The van der Waals surface area contributed by atoms with Crippen molar-refractivity contribution in [2.45, 2.75) is 19.4 Å². The number of piperidine rings is 1. The summed E-state index contributed by atoms with van der Waals surface area (Å²) < 4.78 is 18.2. The van der Waals surface area contributed by atoms with E-state index in [1.165, 1.54) is 24.3 Å². The molecule has 0 unspecified atom stereocenters. The molecule has 1 fully saturated rings. The SMILES string of the molecule is COc1ccc2c(c1)C(=O)N(CC1CCN(CC(=O)c3ccc(F)cc3)CC1)C2.Cl. The van der Waals surface area contributed by atoms with Crippen LogP contribution in [0.15, 0.2) is 42.5 Å². The Balaban J connectivity index is 0.00000256. The standard InChI is InChI=1S/C23H25FN2O3.ClH/c1-29-20-7-4-18-14-26(23(28)21(18)12-20)13-16-8-10-25(11-9-16)15-22(27)17-2-5-19(24)6-3-17;/h2-7,12,16H,8-11,13-15H2,1H3;1H. The lowest BCUT2D eigenvalue weighted by molar-refractivity contribution is 0.0707. The second-order valence-corrected chi connectivity index (χ2v) is 7.86. The zero-order valence-corrected chi connectivity index (χ0v) is 17.8. The van der Waals surface area contributed by atoms with Crippen LogP contribution < -0.4 is 4.74 Å². The van der Waals surface area contributed by atoms with E-state index in [0.717, 1.165) is 43.6 Å². The summed E-state index contributed by atoms with van der Waals surface area (Å²) in [5.74, 6) is 0.903. The molecule has 7 heteroatoms. The average molecular weight is 433 g/mol. The molecular formula is C23H26ClFN2O3. The van der Waals surface area contributed by atoms with Gasteiger partial charge in [-0.15, -0.1) is 12.4 Å². The molecule has 2 aromatic rings. The molecule has 1 saturated heterocycles. The lowest BCUT2D eigenvalue weighted by atomic mass is 9.95. The van der Waals surface area contributed by atoms with Crippen LogP contribution in [0.1, 0.15) is 39.1 Å². The fourth-order valence-corrected chi connectivity index (χ4v) is 4.18. The lowest BCUT2D eigenvalue weighted by Gasteiger charge is -2.33. The van der Waals surface area contributed by atoms with Crippen molar-refractivity contribution in [2.75, 3.05) is 33.3 Å². The number of likely N-dealkylation sites (tertiary alicyclic amines) is 1. The first-order chi connectivity index (χ1) is 14.0. The van der Waals surface area contributed by atoms with Gasteiger partial charge >= 0.3 is 0 Å². The first-order valence-electron chi connectivity index (χ1n) is 10.0. The number of benzene rings is 2. The minimum atomic E-state index is -0.334. The van der Waals surface area contributed by atoms with Gasteiger partial charge in [0.2, 0.25) is 0 Å². The van der Waals surface area contributed by atoms with Crippen molar-refractivity contribution >= 4 is 24.1 Å². The number of carbonyl (C=O) groups excluding carboxylic acids is 2. The van der Waals surface area contributed by atoms with Crippen molar-refractivity contribution in [1.29, 1.82) is 0 Å². The summed E-state index contributed by atoms with van der Waals surface area (Å²) in [5.41, 5.74) is 2.34. The summed E-state index contributed by atoms with van der Waals surface area (Å²) >= 11 is 0. The van der Waals surface area contributed by atoms with E-state index < -0.39 is 0 Å². The van der Waals surface area contributed by atoms with E-state index in [-0.39, 0.29) is 29.9 Å². The molecule has 2 aromatic carbocycles. The van der Waals surface area contributed by atoms with Crippen molar-refractivity contribution in [3.05, 3.63) is 65.0 Å². The largest absolute Gasteiger partial charge is 0.497 e. The van der Waals surface area contributed by atoms with Crippen LogP contribution >= 0.6 is 12.4 Å². The Hall–Kier alpha value is -2.44. The van der Waals surface area contributed by atoms with Crippen molar-refractivity contribution in [3.63, 3.8) is 0 Å². The predicted octanol–water partition coefficient (Wildman–Crippen LogP) is 3.81. The highest BCUT2D eigenvalue weighted by molar-refractivity contribution is 5.99. The van der Waals surface area contributed by atoms with Gasteiger partial charge in [0.15, 0.2) is 5.78 Å². The topological polar surface area (TPSA) is 49.9 Å². The smallest absolute Gasteiger partial charge is 0.254 e. The number of methoxy groups -OCH3 is 1. The van der Waals surface area contributed by atoms with Gasteiger partial charge in [-0.05, 0) is 73.8 Å². The van der Waals surface area contributed by atoms with Gasteiger partial charge < -0.3 is 9.64 Å². The summed E-state index contributed by atoms with van der Waals surface area (Å²) in [7, 11) is 1.60. The molecule has 0 aromatic heterocycles. The van der Waals surface area contributed by atoms with Crippen LogP contribution in [-0.4, -0.2) is 54.8 Å². The molecule has 0 saturated carbocycles. The van der Waals surface area contributed by atoms with E-state index in [0.29, 0.717) is 30.3 Å². The fraction of sp³-hybridized carbons (Fsp3) is 0.391. The van der Waals surface area contributed by atoms with Gasteiger partial charge in [-0.2, -0.15) is 0 Å². The molecule has 2 aliphatic rings. The number of rotatable bonds is 6. The summed E-state index contributed by atoms with van der Waals surface area (Å²) in [5, 5.41) is 0. The maximum absolute atomic E-state index is 13.0. The van der Waals surface area contributed by atoms with Crippen molar-refractivity contribution in [3.8, 4) is 5.75 Å². The Morgan fingerprint density at radius 1 is 1.13 bits per heavy atom. The van der Waals surface area contributed by atoms with Crippen molar-refractivity contribution < 1.29 is 18.7 Å². The third-order valence-corrected chi connectivity index (χ3v) is 5.92. The van der Waals surface area contributed by atoms with Gasteiger partial charge in [-0.25, -0.2) is 4.39 Å². The Morgan fingerprint density at radius 2 is 1.83 bits per heavy atom. The molecule has 4 rings (SSSR count). The fourth-order valence-electron chi connectivity index (χ4n) is 4.18. The third kappa shape index (κ3) is 4.82. The van der Waals surface area contributed by atoms with Crippen molar-refractivity contribution in [2.24, 2.45) is 5.92 Å². The lowest BCUT2D eigenvalue weighted by Crippen LogP contribution is -2.40. The number of amides is 1. The van der Waals surface area contributed by atoms with Gasteiger partial charge in [0.05, 0.1) is 13.7 Å². The Kier molecular flexibility index (Phi) is 7.10. The van der Waals surface area contributed by atoms with Crippen molar-refractivity contribution in [1.82, 2.24) is 9.80 Å². The van der Waals surface area contributed by atoms with Gasteiger partial charge in [-0.3, -0.25) is 14.5 Å². The Morgan fingerprint density at radius 3 is 2.50 bits per heavy atom. The monoisotopic (exact) mass is 432 g/mol. The molecule has 30 heavy (non-hydrogen) atoms. The van der Waals surface area contributed by atoms with E-state index in [1.54, 1.807) is 7.11 Å². The van der Waals surface area contributed by atoms with Crippen LogP contribution in [0.5, 0.6) is 5.75 Å². The number of ether oxygens (including phenoxy) is 1. The molecule has 1 amide bonds. The summed E-state index contributed by atoms with van der Waals surface area (Å²) in [6.07, 6.45) is 1.92. The molecule has 0 aliphatic carbocycles. The zero-order chi connectivity index (χ0) is 20.4. The number of fused-ring (bicyclic) bond motifs is 1. The summed E-state index contributed by atoms with van der Waals surface area (Å²) in [4.78, 5) is 29.2. The first kappa shape index (κ1) is 22.2. The highest BCUT2D eigenvalue weighted by atomic mass is 35.5. The molecule has 0 radical (unpaired) electrons. The van der Waals surface area contributed by atoms with E-state index in [4.69, 9.17) is 4.74 Å². The van der Waals surface area contributed by atoms with Gasteiger partial charge in [0.1, 0.15) is 11.6 Å². The number of hydrogen-bond donors (Lipinski definition) is 0. The number of carbonyl (C=O) groups is 2. The molecule has 2 heterocycles. The molecular weight excluding hydrogens is 407 g/mol. The molecule has 0 N–H and O–H groups in total. The molecule has 0 bridgehead atoms. The van der Waals surface area contributed by atoms with Crippen LogP contribution in [0.4, 0.5) is 4.39 Å². The molecule has 0 atom stereocenters. The molecule has 160 valence electrons. The molecule has 0 spiro atoms. The van der Waals surface area contributed by atoms with Crippen LogP contribution in [0, 0.1) is 11.7 Å². The minimum Gasteiger partial charge on any atom is -0.497 e. The van der Waals surface area contributed by atoms with Crippen LogP contribution in [0.2, 0.25) is 0 Å². The number of hydrogen-bond acceptors (Lipinski definition) is 4. The normalized spacial score (nSPS) is 16.9. The molecule has 2 aliphatic heterocycles. The number of nitrogens with zero attached hydrogens (tertiary/aromatic N) is 2. The van der Waals surface area contributed by atoms with Gasteiger partial charge in [0, 0.05) is 24.2 Å². The second-order valence-electron chi connectivity index (χ2n) is 7.86. The second kappa shape index (κ2) is 9.58. The number of halogens is 2. The van der Waals surface area contributed by atoms with E-state index in [2.05, 4.69) is 4.90 Å². The van der Waals surface area contributed by atoms with Crippen LogP contribution in [-0.2, 0) is 6.54 Å². The predicted molar refractivity (Wildman–Crippen MR) is 115 cm³/mol. The van der Waals surface area contributed by atoms with Gasteiger partial charge in [0.25, 0.3) is 5.91 Å². The van der Waals surface area contributed by atoms with Crippen LogP contribution in [0.25, 0.3) is 0 Å². The van der Waals surface area contributed by atoms with E-state index in [1.807, 2.05) is 23.1 Å². The highest BCUT2D eigenvalue weighted by Gasteiger charge is 2.31. The van der Waals surface area contributed by atoms with E-state index in [9.17, 15) is 14.0 Å². The van der Waals surface area contributed by atoms with Crippen LogP contribution in [0.3, 0.4) is 0 Å². The quantitative estimate of drug-likeness (QED) is 0.651. The number of Topliss-reactive ketones (excluding diaryl/α,β-unsaturated/α-hetero) is 1. The average Bonchev–Trinajstić information content (AvgIpc) is 3.04. The first-order valence-corrected chi connectivity index (χ1v) is 10.0. The summed E-state index contributed by atoms with van der Waals surface area (Å²) in [6, 6.07) is 11.4. The molecule has 5 nitrogen and oxygen atoms in total. The maximum atomic E-state index is 13.0. The van der Waals surface area contributed by atoms with Gasteiger partial charge in [-0.1, -0.05) is 6.07 Å². The maximum Gasteiger partial charge on any atom is 0.254 e. The number of ketones is 1. The Labute approximate surface area is 182 Å². The summed E-state index contributed by atoms with van der Waals surface area (Å²) in [6.45, 7) is 3.42. The minimum absolute atomic E-state index is 0.